The van der Waals surface area contributed by atoms with Crippen molar-refractivity contribution in [3.8, 4) is 0 Å². The smallest absolute Gasteiger partial charge is 0.324 e. The average molecular weight is 342 g/mol. The Hall–Kier alpha value is -2.66. The number of rotatable bonds is 9. The highest BCUT2D eigenvalue weighted by atomic mass is 16.5. The minimum atomic E-state index is -1.31. The van der Waals surface area contributed by atoms with E-state index in [1.807, 2.05) is 42.5 Å². The Labute approximate surface area is 147 Å². The van der Waals surface area contributed by atoms with Crippen LogP contribution in [0.15, 0.2) is 54.6 Å². The Kier molecular flexibility index (Phi) is 7.16. The second kappa shape index (κ2) is 9.59. The molecule has 0 saturated carbocycles. The van der Waals surface area contributed by atoms with Crippen molar-refractivity contribution in [2.24, 2.45) is 0 Å². The molecule has 2 aromatic carbocycles. The predicted octanol–water partition coefficient (Wildman–Crippen LogP) is 3.18. The number of carbonyl (C=O) groups is 2. The van der Waals surface area contributed by atoms with Gasteiger partial charge in [-0.3, -0.25) is 9.59 Å². The van der Waals surface area contributed by atoms with Gasteiger partial charge < -0.3 is 14.6 Å². The Morgan fingerprint density at radius 2 is 1.72 bits per heavy atom. The molecular formula is C20H22O5. The Balaban J connectivity index is 2.03. The van der Waals surface area contributed by atoms with Crippen molar-refractivity contribution in [2.45, 2.75) is 25.9 Å². The molecule has 0 aliphatic carbocycles. The molecule has 1 atom stereocenters. The SMILES string of the molecule is CCOC(=O)C(C(=O)O)c1ccccc1CCOCc1ccccc1. The summed E-state index contributed by atoms with van der Waals surface area (Å²) in [4.78, 5) is 23.6. The van der Waals surface area contributed by atoms with E-state index in [-0.39, 0.29) is 6.61 Å². The van der Waals surface area contributed by atoms with Crippen LogP contribution in [0.2, 0.25) is 0 Å². The number of aliphatic carboxylic acids is 1. The van der Waals surface area contributed by atoms with Crippen LogP contribution in [-0.4, -0.2) is 30.3 Å². The van der Waals surface area contributed by atoms with E-state index in [4.69, 9.17) is 9.47 Å². The van der Waals surface area contributed by atoms with Crippen molar-refractivity contribution in [1.29, 1.82) is 0 Å². The number of benzene rings is 2. The van der Waals surface area contributed by atoms with Gasteiger partial charge >= 0.3 is 11.9 Å². The fourth-order valence-electron chi connectivity index (χ4n) is 2.58. The van der Waals surface area contributed by atoms with Crippen LogP contribution >= 0.6 is 0 Å². The van der Waals surface area contributed by atoms with Gasteiger partial charge in [0.2, 0.25) is 0 Å². The first kappa shape index (κ1) is 18.7. The van der Waals surface area contributed by atoms with Gasteiger partial charge in [0.05, 0.1) is 19.8 Å². The number of carbonyl (C=O) groups excluding carboxylic acids is 1. The molecule has 0 spiro atoms. The van der Waals surface area contributed by atoms with E-state index in [0.29, 0.717) is 25.2 Å². The molecule has 0 heterocycles. The standard InChI is InChI=1S/C20H22O5/c1-2-25-20(23)18(19(21)22)17-11-7-6-10-16(17)12-13-24-14-15-8-4-3-5-9-15/h3-11,18H,2,12-14H2,1H3,(H,21,22). The normalized spacial score (nSPS) is 11.7. The first-order valence-electron chi connectivity index (χ1n) is 8.22. The first-order chi connectivity index (χ1) is 12.1. The Morgan fingerprint density at radius 1 is 1.04 bits per heavy atom. The number of hydrogen-bond donors (Lipinski definition) is 1. The average Bonchev–Trinajstić information content (AvgIpc) is 2.61. The predicted molar refractivity (Wildman–Crippen MR) is 93.3 cm³/mol. The third-order valence-corrected chi connectivity index (χ3v) is 3.76. The van der Waals surface area contributed by atoms with Crippen molar-refractivity contribution < 1.29 is 24.2 Å². The maximum absolute atomic E-state index is 12.0. The van der Waals surface area contributed by atoms with E-state index in [1.165, 1.54) is 0 Å². The Bertz CT molecular complexity index is 696. The van der Waals surface area contributed by atoms with Gasteiger partial charge in [-0.25, -0.2) is 0 Å². The summed E-state index contributed by atoms with van der Waals surface area (Å²) in [6, 6.07) is 16.8. The lowest BCUT2D eigenvalue weighted by molar-refractivity contribution is -0.153. The molecular weight excluding hydrogens is 320 g/mol. The molecule has 0 saturated heterocycles. The molecule has 0 radical (unpaired) electrons. The van der Waals surface area contributed by atoms with Gasteiger partial charge in [-0.05, 0) is 30.0 Å². The minimum absolute atomic E-state index is 0.144. The van der Waals surface area contributed by atoms with Crippen LogP contribution in [0.5, 0.6) is 0 Å². The molecule has 0 fully saturated rings. The molecule has 132 valence electrons. The van der Waals surface area contributed by atoms with Crippen molar-refractivity contribution >= 4 is 11.9 Å². The molecule has 5 heteroatoms. The highest BCUT2D eigenvalue weighted by Gasteiger charge is 2.31. The van der Waals surface area contributed by atoms with Crippen LogP contribution in [0.25, 0.3) is 0 Å². The van der Waals surface area contributed by atoms with E-state index in [2.05, 4.69) is 0 Å². The quantitative estimate of drug-likeness (QED) is 0.430. The number of ether oxygens (including phenoxy) is 2. The molecule has 0 aliphatic heterocycles. The zero-order valence-corrected chi connectivity index (χ0v) is 14.2. The van der Waals surface area contributed by atoms with Crippen LogP contribution in [-0.2, 0) is 32.1 Å². The van der Waals surface area contributed by atoms with E-state index >= 15 is 0 Å². The molecule has 1 unspecified atom stereocenters. The van der Waals surface area contributed by atoms with Gasteiger partial charge in [-0.1, -0.05) is 54.6 Å². The number of carboxylic acid groups (broad SMARTS) is 1. The maximum Gasteiger partial charge on any atom is 0.324 e. The summed E-state index contributed by atoms with van der Waals surface area (Å²) in [6.07, 6.45) is 0.520. The van der Waals surface area contributed by atoms with Crippen LogP contribution in [0.4, 0.5) is 0 Å². The molecule has 2 rings (SSSR count). The zero-order valence-electron chi connectivity index (χ0n) is 14.2. The fraction of sp³-hybridized carbons (Fsp3) is 0.300. The van der Waals surface area contributed by atoms with Crippen molar-refractivity contribution in [2.75, 3.05) is 13.2 Å². The van der Waals surface area contributed by atoms with Gasteiger partial charge in [0.15, 0.2) is 5.92 Å². The van der Waals surface area contributed by atoms with Gasteiger partial charge in [0, 0.05) is 0 Å². The monoisotopic (exact) mass is 342 g/mol. The molecule has 0 amide bonds. The summed E-state index contributed by atoms with van der Waals surface area (Å²) in [7, 11) is 0. The van der Waals surface area contributed by atoms with Crippen LogP contribution in [0.1, 0.15) is 29.5 Å². The largest absolute Gasteiger partial charge is 0.480 e. The highest BCUT2D eigenvalue weighted by molar-refractivity contribution is 6.00. The molecule has 2 aromatic rings. The van der Waals surface area contributed by atoms with E-state index in [1.54, 1.807) is 19.1 Å². The molecule has 25 heavy (non-hydrogen) atoms. The molecule has 0 aliphatic rings. The summed E-state index contributed by atoms with van der Waals surface area (Å²) in [5, 5.41) is 9.44. The van der Waals surface area contributed by atoms with Crippen LogP contribution < -0.4 is 0 Å². The lowest BCUT2D eigenvalue weighted by Gasteiger charge is -2.16. The summed E-state index contributed by atoms with van der Waals surface area (Å²) in [5.41, 5.74) is 2.30. The van der Waals surface area contributed by atoms with E-state index in [0.717, 1.165) is 11.1 Å². The maximum atomic E-state index is 12.0. The zero-order chi connectivity index (χ0) is 18.1. The second-order valence-corrected chi connectivity index (χ2v) is 5.51. The Morgan fingerprint density at radius 3 is 2.40 bits per heavy atom. The van der Waals surface area contributed by atoms with Gasteiger partial charge in [-0.15, -0.1) is 0 Å². The fourth-order valence-corrected chi connectivity index (χ4v) is 2.58. The van der Waals surface area contributed by atoms with Crippen molar-refractivity contribution in [3.05, 3.63) is 71.3 Å². The molecule has 0 aromatic heterocycles. The highest BCUT2D eigenvalue weighted by Crippen LogP contribution is 2.23. The van der Waals surface area contributed by atoms with Crippen molar-refractivity contribution in [1.82, 2.24) is 0 Å². The third kappa shape index (κ3) is 5.43. The molecule has 5 nitrogen and oxygen atoms in total. The van der Waals surface area contributed by atoms with Gasteiger partial charge in [0.1, 0.15) is 0 Å². The molecule has 1 N–H and O–H groups in total. The van der Waals surface area contributed by atoms with Gasteiger partial charge in [0.25, 0.3) is 0 Å². The van der Waals surface area contributed by atoms with Crippen LogP contribution in [0.3, 0.4) is 0 Å². The topological polar surface area (TPSA) is 72.8 Å². The van der Waals surface area contributed by atoms with Crippen molar-refractivity contribution in [3.63, 3.8) is 0 Å². The third-order valence-electron chi connectivity index (χ3n) is 3.76. The summed E-state index contributed by atoms with van der Waals surface area (Å²) in [5.74, 6) is -3.27. The molecule has 0 bridgehead atoms. The lowest BCUT2D eigenvalue weighted by Crippen LogP contribution is -2.25. The van der Waals surface area contributed by atoms with Gasteiger partial charge in [-0.2, -0.15) is 0 Å². The lowest BCUT2D eigenvalue weighted by atomic mass is 9.93. The number of esters is 1. The summed E-state index contributed by atoms with van der Waals surface area (Å²) < 4.78 is 10.6. The van der Waals surface area contributed by atoms with E-state index in [9.17, 15) is 14.7 Å². The number of carboxylic acids is 1. The van der Waals surface area contributed by atoms with E-state index < -0.39 is 17.9 Å². The van der Waals surface area contributed by atoms with Crippen LogP contribution in [0, 0.1) is 0 Å². The number of hydrogen-bond acceptors (Lipinski definition) is 4. The summed E-state index contributed by atoms with van der Waals surface area (Å²) in [6.45, 7) is 2.72. The first-order valence-corrected chi connectivity index (χ1v) is 8.22. The second-order valence-electron chi connectivity index (χ2n) is 5.51. The summed E-state index contributed by atoms with van der Waals surface area (Å²) >= 11 is 0. The minimum Gasteiger partial charge on any atom is -0.480 e.